The van der Waals surface area contributed by atoms with Crippen LogP contribution >= 0.6 is 0 Å². The molecule has 2 N–H and O–H groups in total. The van der Waals surface area contributed by atoms with E-state index >= 15 is 0 Å². The maximum absolute atomic E-state index is 13.8. The van der Waals surface area contributed by atoms with Gasteiger partial charge in [-0.1, -0.05) is 6.07 Å². The second-order valence-corrected chi connectivity index (χ2v) is 5.38. The second-order valence-electron chi connectivity index (χ2n) is 5.38. The first kappa shape index (κ1) is 13.5. The van der Waals surface area contributed by atoms with Crippen LogP contribution in [0.3, 0.4) is 0 Å². The largest absolute Gasteiger partial charge is 0.369 e. The van der Waals surface area contributed by atoms with Crippen LogP contribution in [0.1, 0.15) is 29.3 Å². The molecular weight excluding hydrogens is 247 g/mol. The Morgan fingerprint density at radius 3 is 2.63 bits per heavy atom. The summed E-state index contributed by atoms with van der Waals surface area (Å²) in [7, 11) is 0. The van der Waals surface area contributed by atoms with Crippen molar-refractivity contribution in [1.29, 1.82) is 0 Å². The third-order valence-corrected chi connectivity index (χ3v) is 3.71. The molecule has 1 atom stereocenters. The number of carbonyl (C=O) groups is 2. The van der Waals surface area contributed by atoms with Gasteiger partial charge in [-0.25, -0.2) is 4.39 Å². The summed E-state index contributed by atoms with van der Waals surface area (Å²) in [4.78, 5) is 25.1. The van der Waals surface area contributed by atoms with Gasteiger partial charge in [-0.2, -0.15) is 0 Å². The Kier molecular flexibility index (Phi) is 3.30. The Morgan fingerprint density at radius 2 is 2.11 bits per heavy atom. The quantitative estimate of drug-likeness (QED) is 0.879. The van der Waals surface area contributed by atoms with Crippen molar-refractivity contribution in [2.75, 3.05) is 13.1 Å². The average Bonchev–Trinajstić information content (AvgIpc) is 2.73. The predicted molar refractivity (Wildman–Crippen MR) is 69.0 cm³/mol. The minimum absolute atomic E-state index is 0.0410. The molecule has 1 aromatic rings. The minimum Gasteiger partial charge on any atom is -0.369 e. The molecule has 2 rings (SSSR count). The molecule has 1 aliphatic heterocycles. The van der Waals surface area contributed by atoms with Crippen molar-refractivity contribution in [1.82, 2.24) is 4.90 Å². The molecule has 2 amide bonds. The predicted octanol–water partition coefficient (Wildman–Crippen LogP) is 1.47. The van der Waals surface area contributed by atoms with E-state index in [-0.39, 0.29) is 18.0 Å². The molecule has 102 valence electrons. The minimum atomic E-state index is -0.711. The van der Waals surface area contributed by atoms with Crippen LogP contribution in [0.4, 0.5) is 4.39 Å². The number of primary amides is 1. The van der Waals surface area contributed by atoms with Crippen LogP contribution in [0.15, 0.2) is 18.2 Å². The molecule has 0 aliphatic carbocycles. The maximum atomic E-state index is 13.8. The van der Waals surface area contributed by atoms with E-state index in [1.165, 1.54) is 17.0 Å². The summed E-state index contributed by atoms with van der Waals surface area (Å²) in [6.07, 6.45) is 0.515. The molecule has 1 heterocycles. The van der Waals surface area contributed by atoms with E-state index in [1.54, 1.807) is 19.9 Å². The third-order valence-electron chi connectivity index (χ3n) is 3.71. The van der Waals surface area contributed by atoms with Gasteiger partial charge in [-0.15, -0.1) is 0 Å². The smallest absolute Gasteiger partial charge is 0.256 e. The zero-order valence-electron chi connectivity index (χ0n) is 11.1. The number of rotatable bonds is 2. The molecule has 0 aromatic heterocycles. The van der Waals surface area contributed by atoms with Crippen LogP contribution in [0.5, 0.6) is 0 Å². The lowest BCUT2D eigenvalue weighted by atomic mass is 9.89. The Hall–Kier alpha value is -1.91. The van der Waals surface area contributed by atoms with Gasteiger partial charge in [-0.3, -0.25) is 9.59 Å². The van der Waals surface area contributed by atoms with Crippen LogP contribution in [-0.4, -0.2) is 29.8 Å². The van der Waals surface area contributed by atoms with Gasteiger partial charge in [0.05, 0.1) is 11.0 Å². The lowest BCUT2D eigenvalue weighted by Gasteiger charge is -2.21. The van der Waals surface area contributed by atoms with Crippen molar-refractivity contribution in [2.45, 2.75) is 20.3 Å². The number of aryl methyl sites for hydroxylation is 1. The van der Waals surface area contributed by atoms with Gasteiger partial charge < -0.3 is 10.6 Å². The van der Waals surface area contributed by atoms with E-state index in [0.717, 1.165) is 5.56 Å². The molecule has 5 heteroatoms. The maximum Gasteiger partial charge on any atom is 0.256 e. The van der Waals surface area contributed by atoms with Gasteiger partial charge in [0, 0.05) is 13.1 Å². The molecule has 1 aromatic carbocycles. The summed E-state index contributed by atoms with van der Waals surface area (Å²) < 4.78 is 13.8. The number of benzene rings is 1. The van der Waals surface area contributed by atoms with Gasteiger partial charge in [0.25, 0.3) is 5.91 Å². The number of carbonyl (C=O) groups excluding carboxylic acids is 2. The lowest BCUT2D eigenvalue weighted by Crippen LogP contribution is -2.38. The van der Waals surface area contributed by atoms with Crippen LogP contribution in [0.2, 0.25) is 0 Å². The molecule has 0 radical (unpaired) electrons. The second kappa shape index (κ2) is 4.64. The molecule has 0 bridgehead atoms. The first-order valence-corrected chi connectivity index (χ1v) is 6.19. The lowest BCUT2D eigenvalue weighted by molar-refractivity contribution is -0.126. The molecular formula is C14H17FN2O2. The summed E-state index contributed by atoms with van der Waals surface area (Å²) in [5, 5.41) is 0. The number of likely N-dealkylation sites (tertiary alicyclic amines) is 1. The van der Waals surface area contributed by atoms with Crippen LogP contribution in [0.25, 0.3) is 0 Å². The molecule has 19 heavy (non-hydrogen) atoms. The van der Waals surface area contributed by atoms with Gasteiger partial charge in [-0.05, 0) is 38.0 Å². The van der Waals surface area contributed by atoms with E-state index in [9.17, 15) is 14.0 Å². The van der Waals surface area contributed by atoms with Gasteiger partial charge in [0.15, 0.2) is 0 Å². The summed E-state index contributed by atoms with van der Waals surface area (Å²) in [6.45, 7) is 4.16. The van der Waals surface area contributed by atoms with Gasteiger partial charge in [0.2, 0.25) is 5.91 Å². The molecule has 0 spiro atoms. The highest BCUT2D eigenvalue weighted by Gasteiger charge is 2.41. The van der Waals surface area contributed by atoms with Crippen LogP contribution in [0, 0.1) is 18.2 Å². The zero-order valence-corrected chi connectivity index (χ0v) is 11.1. The van der Waals surface area contributed by atoms with Crippen LogP contribution in [-0.2, 0) is 4.79 Å². The molecule has 0 saturated carbocycles. The standard InChI is InChI=1S/C14H17FN2O2/c1-9-3-4-10(11(15)7-9)12(18)17-6-5-14(2,8-17)13(16)19/h3-4,7H,5-6,8H2,1-2H3,(H2,16,19). The number of halogens is 1. The molecule has 1 saturated heterocycles. The number of hydrogen-bond acceptors (Lipinski definition) is 2. The highest BCUT2D eigenvalue weighted by molar-refractivity contribution is 5.95. The molecule has 4 nitrogen and oxygen atoms in total. The average molecular weight is 264 g/mol. The highest BCUT2D eigenvalue weighted by atomic mass is 19.1. The van der Waals surface area contributed by atoms with E-state index in [2.05, 4.69) is 0 Å². The summed E-state index contributed by atoms with van der Waals surface area (Å²) in [6, 6.07) is 4.50. The Morgan fingerprint density at radius 1 is 1.42 bits per heavy atom. The Balaban J connectivity index is 2.20. The summed E-state index contributed by atoms with van der Waals surface area (Å²) >= 11 is 0. The third kappa shape index (κ3) is 2.45. The van der Waals surface area contributed by atoms with E-state index < -0.39 is 17.1 Å². The van der Waals surface area contributed by atoms with Gasteiger partial charge in [0.1, 0.15) is 5.82 Å². The number of hydrogen-bond donors (Lipinski definition) is 1. The number of amides is 2. The zero-order chi connectivity index (χ0) is 14.2. The first-order chi connectivity index (χ1) is 8.83. The SMILES string of the molecule is Cc1ccc(C(=O)N2CCC(C)(C(N)=O)C2)c(F)c1. The molecule has 1 fully saturated rings. The van der Waals surface area contributed by atoms with Crippen molar-refractivity contribution in [3.63, 3.8) is 0 Å². The fourth-order valence-corrected chi connectivity index (χ4v) is 2.30. The topological polar surface area (TPSA) is 63.4 Å². The summed E-state index contributed by atoms with van der Waals surface area (Å²) in [5.74, 6) is -1.34. The van der Waals surface area contributed by atoms with Crippen molar-refractivity contribution in [3.05, 3.63) is 35.1 Å². The summed E-state index contributed by atoms with van der Waals surface area (Å²) in [5.41, 5.74) is 5.42. The van der Waals surface area contributed by atoms with Crippen molar-refractivity contribution >= 4 is 11.8 Å². The fourth-order valence-electron chi connectivity index (χ4n) is 2.30. The van der Waals surface area contributed by atoms with Crippen molar-refractivity contribution in [3.8, 4) is 0 Å². The van der Waals surface area contributed by atoms with Crippen molar-refractivity contribution < 1.29 is 14.0 Å². The van der Waals surface area contributed by atoms with Gasteiger partial charge >= 0.3 is 0 Å². The highest BCUT2D eigenvalue weighted by Crippen LogP contribution is 2.30. The Labute approximate surface area is 111 Å². The van der Waals surface area contributed by atoms with E-state index in [1.807, 2.05) is 0 Å². The fraction of sp³-hybridized carbons (Fsp3) is 0.429. The Bertz CT molecular complexity index is 544. The first-order valence-electron chi connectivity index (χ1n) is 6.19. The van der Waals surface area contributed by atoms with Crippen LogP contribution < -0.4 is 5.73 Å². The monoisotopic (exact) mass is 264 g/mol. The molecule has 1 unspecified atom stereocenters. The van der Waals surface area contributed by atoms with E-state index in [4.69, 9.17) is 5.73 Å². The normalized spacial score (nSPS) is 22.6. The van der Waals surface area contributed by atoms with Crippen molar-refractivity contribution in [2.24, 2.45) is 11.1 Å². The van der Waals surface area contributed by atoms with E-state index in [0.29, 0.717) is 13.0 Å². The molecule has 1 aliphatic rings. The number of nitrogens with zero attached hydrogens (tertiary/aromatic N) is 1. The number of nitrogens with two attached hydrogens (primary N) is 1.